The lowest BCUT2D eigenvalue weighted by molar-refractivity contribution is -0.144. The molecule has 0 saturated carbocycles. The molecule has 0 rings (SSSR count). The molecule has 0 aromatic heterocycles. The number of carbonyl (C=O) groups excluding carboxylic acids is 1. The number of carboxylic acid groups (broad SMARTS) is 1. The van der Waals surface area contributed by atoms with Crippen molar-refractivity contribution in [1.82, 2.24) is 15.8 Å². The molecule has 0 aliphatic rings. The summed E-state index contributed by atoms with van der Waals surface area (Å²) >= 11 is 0. The Morgan fingerprint density at radius 1 is 1.27 bits per heavy atom. The molecule has 3 N–H and O–H groups in total. The maximum Gasteiger partial charge on any atom is 0.330 e. The summed E-state index contributed by atoms with van der Waals surface area (Å²) in [4.78, 5) is 22.4. The minimum atomic E-state index is -1.18. The second kappa shape index (κ2) is 5.55. The summed E-state index contributed by atoms with van der Waals surface area (Å²) in [6, 6.07) is -0.508. The van der Waals surface area contributed by atoms with Crippen molar-refractivity contribution in [2.75, 3.05) is 14.1 Å². The number of hydrogen-bond acceptors (Lipinski definition) is 3. The zero-order valence-corrected chi connectivity index (χ0v) is 9.63. The van der Waals surface area contributed by atoms with E-state index in [1.807, 2.05) is 0 Å². The molecule has 6 nitrogen and oxygen atoms in total. The van der Waals surface area contributed by atoms with Crippen LogP contribution in [0.4, 0.5) is 4.79 Å². The van der Waals surface area contributed by atoms with Crippen molar-refractivity contribution in [1.29, 1.82) is 0 Å². The van der Waals surface area contributed by atoms with Crippen molar-refractivity contribution >= 4 is 12.0 Å². The quantitative estimate of drug-likeness (QED) is 0.582. The molecule has 0 aliphatic heterocycles. The van der Waals surface area contributed by atoms with Crippen LogP contribution in [-0.4, -0.2) is 41.8 Å². The molecule has 0 aromatic rings. The SMILES string of the molecule is CCC(CC)(NC(=O)NN(C)C)C(=O)O. The summed E-state index contributed by atoms with van der Waals surface area (Å²) in [5.74, 6) is -1.01. The highest BCUT2D eigenvalue weighted by molar-refractivity contribution is 5.85. The van der Waals surface area contributed by atoms with Gasteiger partial charge < -0.3 is 10.4 Å². The summed E-state index contributed by atoms with van der Waals surface area (Å²) < 4.78 is 0. The molecular formula is C9H19N3O3. The van der Waals surface area contributed by atoms with Crippen LogP contribution in [0.25, 0.3) is 0 Å². The second-order valence-electron chi connectivity index (χ2n) is 3.55. The summed E-state index contributed by atoms with van der Waals surface area (Å²) in [7, 11) is 3.31. The molecule has 0 aliphatic carbocycles. The van der Waals surface area contributed by atoms with Gasteiger partial charge in [-0.1, -0.05) is 13.8 Å². The van der Waals surface area contributed by atoms with E-state index in [9.17, 15) is 9.59 Å². The number of amides is 2. The monoisotopic (exact) mass is 217 g/mol. The predicted octanol–water partition coefficient (Wildman–Crippen LogP) is 0.406. The van der Waals surface area contributed by atoms with Crippen molar-refractivity contribution in [3.8, 4) is 0 Å². The molecule has 0 heterocycles. The van der Waals surface area contributed by atoms with Gasteiger partial charge in [-0.05, 0) is 12.8 Å². The first-order chi connectivity index (χ1) is 6.88. The van der Waals surface area contributed by atoms with E-state index in [1.165, 1.54) is 5.01 Å². The molecule has 6 heteroatoms. The van der Waals surface area contributed by atoms with E-state index < -0.39 is 17.5 Å². The minimum Gasteiger partial charge on any atom is -0.480 e. The number of urea groups is 1. The molecular weight excluding hydrogens is 198 g/mol. The number of hydrogen-bond donors (Lipinski definition) is 3. The van der Waals surface area contributed by atoms with Gasteiger partial charge in [0.15, 0.2) is 0 Å². The third-order valence-corrected chi connectivity index (χ3v) is 2.29. The van der Waals surface area contributed by atoms with Crippen LogP contribution in [0.15, 0.2) is 0 Å². The number of carboxylic acids is 1. The number of nitrogens with zero attached hydrogens (tertiary/aromatic N) is 1. The second-order valence-corrected chi connectivity index (χ2v) is 3.55. The number of hydrazine groups is 1. The van der Waals surface area contributed by atoms with E-state index in [0.717, 1.165) is 0 Å². The zero-order chi connectivity index (χ0) is 12.1. The number of rotatable bonds is 5. The fourth-order valence-corrected chi connectivity index (χ4v) is 1.23. The highest BCUT2D eigenvalue weighted by atomic mass is 16.4. The van der Waals surface area contributed by atoms with Crippen LogP contribution < -0.4 is 10.7 Å². The number of nitrogens with one attached hydrogen (secondary N) is 2. The largest absolute Gasteiger partial charge is 0.480 e. The van der Waals surface area contributed by atoms with Crippen LogP contribution in [-0.2, 0) is 4.79 Å². The first kappa shape index (κ1) is 13.7. The van der Waals surface area contributed by atoms with Gasteiger partial charge in [0, 0.05) is 14.1 Å². The maximum absolute atomic E-state index is 11.4. The van der Waals surface area contributed by atoms with E-state index in [2.05, 4.69) is 10.7 Å². The lowest BCUT2D eigenvalue weighted by Gasteiger charge is -2.28. The molecule has 88 valence electrons. The van der Waals surface area contributed by atoms with Gasteiger partial charge in [-0.3, -0.25) is 5.43 Å². The Kier molecular flexibility index (Phi) is 5.07. The molecule has 0 spiro atoms. The van der Waals surface area contributed by atoms with E-state index >= 15 is 0 Å². The van der Waals surface area contributed by atoms with E-state index in [-0.39, 0.29) is 0 Å². The van der Waals surface area contributed by atoms with E-state index in [4.69, 9.17) is 5.11 Å². The summed E-state index contributed by atoms with van der Waals surface area (Å²) in [6.07, 6.45) is 0.694. The van der Waals surface area contributed by atoms with Gasteiger partial charge in [0.1, 0.15) is 5.54 Å². The third-order valence-electron chi connectivity index (χ3n) is 2.29. The fourth-order valence-electron chi connectivity index (χ4n) is 1.23. The minimum absolute atomic E-state index is 0.347. The Morgan fingerprint density at radius 3 is 2.00 bits per heavy atom. The molecule has 2 amide bonds. The molecule has 0 unspecified atom stereocenters. The highest BCUT2D eigenvalue weighted by Crippen LogP contribution is 2.14. The molecule has 0 bridgehead atoms. The topological polar surface area (TPSA) is 81.7 Å². The van der Waals surface area contributed by atoms with Crippen LogP contribution in [0.1, 0.15) is 26.7 Å². The maximum atomic E-state index is 11.4. The van der Waals surface area contributed by atoms with Gasteiger partial charge >= 0.3 is 12.0 Å². The van der Waals surface area contributed by atoms with E-state index in [0.29, 0.717) is 12.8 Å². The zero-order valence-electron chi connectivity index (χ0n) is 9.63. The van der Waals surface area contributed by atoms with Gasteiger partial charge in [-0.2, -0.15) is 0 Å². The summed E-state index contributed by atoms with van der Waals surface area (Å²) in [6.45, 7) is 3.46. The average Bonchev–Trinajstić information content (AvgIpc) is 2.12. The fraction of sp³-hybridized carbons (Fsp3) is 0.778. The van der Waals surface area contributed by atoms with Crippen molar-refractivity contribution in [2.45, 2.75) is 32.2 Å². The number of carbonyl (C=O) groups is 2. The molecule has 0 saturated heterocycles. The smallest absolute Gasteiger partial charge is 0.330 e. The Morgan fingerprint density at radius 2 is 1.73 bits per heavy atom. The van der Waals surface area contributed by atoms with Gasteiger partial charge in [-0.15, -0.1) is 0 Å². The van der Waals surface area contributed by atoms with E-state index in [1.54, 1.807) is 27.9 Å². The van der Waals surface area contributed by atoms with Gasteiger partial charge in [0.2, 0.25) is 0 Å². The summed E-state index contributed by atoms with van der Waals surface area (Å²) in [5, 5.41) is 13.0. The Balaban J connectivity index is 4.54. The average molecular weight is 217 g/mol. The van der Waals surface area contributed by atoms with Gasteiger partial charge in [-0.25, -0.2) is 14.6 Å². The normalized spacial score (nSPS) is 11.3. The lowest BCUT2D eigenvalue weighted by atomic mass is 9.93. The van der Waals surface area contributed by atoms with Crippen LogP contribution in [0.5, 0.6) is 0 Å². The standard InChI is InChI=1S/C9H19N3O3/c1-5-9(6-2,7(13)14)10-8(15)11-12(3)4/h5-6H2,1-4H3,(H,13,14)(H2,10,11,15). The number of aliphatic carboxylic acids is 1. The van der Waals surface area contributed by atoms with Crippen molar-refractivity contribution < 1.29 is 14.7 Å². The van der Waals surface area contributed by atoms with Gasteiger partial charge in [0.05, 0.1) is 0 Å². The first-order valence-corrected chi connectivity index (χ1v) is 4.87. The Labute approximate surface area is 89.6 Å². The third kappa shape index (κ3) is 3.75. The highest BCUT2D eigenvalue weighted by Gasteiger charge is 2.36. The van der Waals surface area contributed by atoms with Crippen LogP contribution in [0.2, 0.25) is 0 Å². The van der Waals surface area contributed by atoms with Gasteiger partial charge in [0.25, 0.3) is 0 Å². The lowest BCUT2D eigenvalue weighted by Crippen LogP contribution is -2.58. The summed E-state index contributed by atoms with van der Waals surface area (Å²) in [5.41, 5.74) is 1.26. The van der Waals surface area contributed by atoms with Crippen molar-refractivity contribution in [3.05, 3.63) is 0 Å². The predicted molar refractivity (Wildman–Crippen MR) is 56.3 cm³/mol. The molecule has 15 heavy (non-hydrogen) atoms. The van der Waals surface area contributed by atoms with Crippen molar-refractivity contribution in [3.63, 3.8) is 0 Å². The first-order valence-electron chi connectivity index (χ1n) is 4.87. The molecule has 0 atom stereocenters. The molecule has 0 radical (unpaired) electrons. The Bertz CT molecular complexity index is 237. The molecule has 0 fully saturated rings. The van der Waals surface area contributed by atoms with Crippen molar-refractivity contribution in [2.24, 2.45) is 0 Å². The Hall–Kier alpha value is -1.30. The van der Waals surface area contributed by atoms with Crippen LogP contribution in [0, 0.1) is 0 Å². The van der Waals surface area contributed by atoms with Crippen LogP contribution >= 0.6 is 0 Å². The van der Waals surface area contributed by atoms with Crippen LogP contribution in [0.3, 0.4) is 0 Å². The molecule has 0 aromatic carbocycles.